The molecule has 12 atom stereocenters. The fraction of sp³-hybridized carbons (Fsp3) is 0.721. The average Bonchev–Trinajstić information content (AvgIpc) is 3.83. The molecule has 2 heterocycles. The first kappa shape index (κ1) is 41.5. The van der Waals surface area contributed by atoms with Crippen LogP contribution < -0.4 is 0 Å². The molecule has 2 aliphatic carbocycles. The molecule has 2 aromatic rings. The largest absolute Gasteiger partial charge is 0.414 e. The van der Waals surface area contributed by atoms with Crippen LogP contribution in [0.25, 0.3) is 0 Å². The van der Waals surface area contributed by atoms with Crippen LogP contribution in [0.3, 0.4) is 0 Å². The van der Waals surface area contributed by atoms with Gasteiger partial charge in [-0.25, -0.2) is 0 Å². The third-order valence-corrected chi connectivity index (χ3v) is 17.5. The van der Waals surface area contributed by atoms with E-state index in [1.807, 2.05) is 18.2 Å². The third-order valence-electron chi connectivity index (χ3n) is 13.0. The molecule has 4 N–H and O–H groups in total. The van der Waals surface area contributed by atoms with Gasteiger partial charge in [0.1, 0.15) is 0 Å². The molecule has 0 spiro atoms. The molecule has 52 heavy (non-hydrogen) atoms. The Kier molecular flexibility index (Phi) is 15.0. The van der Waals surface area contributed by atoms with Crippen molar-refractivity contribution in [1.82, 2.24) is 0 Å². The number of aryl methyl sites for hydroxylation is 2. The lowest BCUT2D eigenvalue weighted by molar-refractivity contribution is -0.118. The fourth-order valence-electron chi connectivity index (χ4n) is 8.90. The van der Waals surface area contributed by atoms with Gasteiger partial charge in [-0.2, -0.15) is 0 Å². The van der Waals surface area contributed by atoms with Gasteiger partial charge in [0, 0.05) is 38.9 Å². The van der Waals surface area contributed by atoms with Crippen LogP contribution in [0, 0.1) is 23.7 Å². The van der Waals surface area contributed by atoms with Crippen LogP contribution in [0.5, 0.6) is 0 Å². The zero-order chi connectivity index (χ0) is 37.5. The zero-order valence-electron chi connectivity index (χ0n) is 32.6. The zero-order valence-corrected chi connectivity index (χ0v) is 33.6. The predicted octanol–water partition coefficient (Wildman–Crippen LogP) is 7.41. The highest BCUT2D eigenvalue weighted by atomic mass is 28.4. The highest BCUT2D eigenvalue weighted by Gasteiger charge is 2.50. The standard InChI is InChI=1S/C25H42O4Si.C18H26O4/c1-25(2,3)30(5,6)29-19(13-12-18-10-8-7-9-11-18)14-15-20-21-16-24(27-4)28-23(21)17-22(20)26;19-13(7-6-12-4-2-1-3-5-12)8-9-14-15-10-18(21)22-17(15)11-16(14)20/h7-11,19-24,26H,12-17H2,1-6H3;1-5,13-21H,6-11H2/t19-,20+,21+,22+,23-,24?;13-,14+,15+,16+,17-,18?/m00/s1. The molecule has 2 unspecified atom stereocenters. The Bertz CT molecular complexity index is 1320. The summed E-state index contributed by atoms with van der Waals surface area (Å²) in [6.45, 7) is 11.6. The van der Waals surface area contributed by atoms with Crippen LogP contribution in [0.1, 0.15) is 96.1 Å². The summed E-state index contributed by atoms with van der Waals surface area (Å²) in [5.74, 6) is 1.09. The van der Waals surface area contributed by atoms with Crippen molar-refractivity contribution in [3.05, 3.63) is 71.8 Å². The molecule has 6 rings (SSSR count). The van der Waals surface area contributed by atoms with Crippen LogP contribution >= 0.6 is 0 Å². The number of aliphatic hydroxyl groups excluding tert-OH is 4. The summed E-state index contributed by atoms with van der Waals surface area (Å²) < 4.78 is 23.7. The average molecular weight is 741 g/mol. The molecule has 0 bridgehead atoms. The van der Waals surface area contributed by atoms with Crippen molar-refractivity contribution in [1.29, 1.82) is 0 Å². The highest BCUT2D eigenvalue weighted by molar-refractivity contribution is 6.74. The molecule has 2 saturated carbocycles. The molecule has 2 aliphatic heterocycles. The number of methoxy groups -OCH3 is 1. The molecule has 2 saturated heterocycles. The number of rotatable bonds is 15. The van der Waals surface area contributed by atoms with Crippen LogP contribution in [0.4, 0.5) is 0 Å². The van der Waals surface area contributed by atoms with Crippen molar-refractivity contribution in [2.75, 3.05) is 7.11 Å². The number of aliphatic hydroxyl groups is 4. The molecular weight excluding hydrogens is 673 g/mol. The number of benzene rings is 2. The maximum absolute atomic E-state index is 10.7. The molecule has 4 fully saturated rings. The SMILES string of the molecule is COC1C[C@@H]2[C@@H](CC[C@H](CCc3ccccc3)O[Si](C)(C)C(C)(C)C)[C@H](O)C[C@@H]2O1.OC1C[C@@H]2[C@@H](CC[C@@H](O)CCc3ccccc3)[C@H](O)C[C@@H]2O1. The van der Waals surface area contributed by atoms with Crippen molar-refractivity contribution < 1.29 is 39.1 Å². The monoisotopic (exact) mass is 740 g/mol. The van der Waals surface area contributed by atoms with Crippen LogP contribution in [-0.4, -0.2) is 85.1 Å². The minimum absolute atomic E-state index is 0.00328. The van der Waals surface area contributed by atoms with Crippen LogP contribution in [0.15, 0.2) is 60.7 Å². The summed E-state index contributed by atoms with van der Waals surface area (Å²) in [5, 5.41) is 40.8. The van der Waals surface area contributed by atoms with Gasteiger partial charge in [-0.1, -0.05) is 81.4 Å². The molecular formula is C43H68O8Si. The summed E-state index contributed by atoms with van der Waals surface area (Å²) in [6, 6.07) is 20.9. The van der Waals surface area contributed by atoms with Crippen molar-refractivity contribution in [2.45, 2.75) is 165 Å². The number of ether oxygens (including phenoxy) is 3. The molecule has 9 heteroatoms. The van der Waals surface area contributed by atoms with Crippen molar-refractivity contribution in [3.63, 3.8) is 0 Å². The molecule has 0 radical (unpaired) electrons. The third kappa shape index (κ3) is 11.2. The van der Waals surface area contributed by atoms with Crippen molar-refractivity contribution in [2.24, 2.45) is 23.7 Å². The second-order valence-corrected chi connectivity index (χ2v) is 22.3. The number of hydrogen-bond donors (Lipinski definition) is 4. The van der Waals surface area contributed by atoms with E-state index in [1.165, 1.54) is 11.1 Å². The molecule has 8 nitrogen and oxygen atoms in total. The van der Waals surface area contributed by atoms with Gasteiger partial charge in [-0.3, -0.25) is 0 Å². The first-order valence-electron chi connectivity index (χ1n) is 20.1. The van der Waals surface area contributed by atoms with Gasteiger partial charge >= 0.3 is 0 Å². The second-order valence-electron chi connectivity index (χ2n) is 17.6. The van der Waals surface area contributed by atoms with Gasteiger partial charge < -0.3 is 39.1 Å². The Morgan fingerprint density at radius 1 is 0.712 bits per heavy atom. The quantitative estimate of drug-likeness (QED) is 0.140. The van der Waals surface area contributed by atoms with Gasteiger partial charge in [0.15, 0.2) is 20.9 Å². The summed E-state index contributed by atoms with van der Waals surface area (Å²) in [6.07, 6.45) is 8.73. The summed E-state index contributed by atoms with van der Waals surface area (Å²) in [7, 11) is -0.138. The van der Waals surface area contributed by atoms with E-state index in [1.54, 1.807) is 7.11 Å². The summed E-state index contributed by atoms with van der Waals surface area (Å²) in [5.41, 5.74) is 2.62. The predicted molar refractivity (Wildman–Crippen MR) is 207 cm³/mol. The van der Waals surface area contributed by atoms with E-state index < -0.39 is 14.6 Å². The lowest BCUT2D eigenvalue weighted by Gasteiger charge is -2.40. The normalized spacial score (nSPS) is 32.6. The van der Waals surface area contributed by atoms with Gasteiger partial charge in [0.2, 0.25) is 0 Å². The van der Waals surface area contributed by atoms with E-state index >= 15 is 0 Å². The molecule has 2 aromatic carbocycles. The maximum Gasteiger partial charge on any atom is 0.192 e. The van der Waals surface area contributed by atoms with E-state index in [2.05, 4.69) is 76.3 Å². The molecule has 0 amide bonds. The Labute approximate surface area is 314 Å². The molecule has 292 valence electrons. The van der Waals surface area contributed by atoms with E-state index in [0.717, 1.165) is 57.8 Å². The van der Waals surface area contributed by atoms with E-state index in [-0.39, 0.29) is 65.7 Å². The Morgan fingerprint density at radius 3 is 1.79 bits per heavy atom. The smallest absolute Gasteiger partial charge is 0.192 e. The fourth-order valence-corrected chi connectivity index (χ4v) is 10.3. The van der Waals surface area contributed by atoms with E-state index in [4.69, 9.17) is 18.6 Å². The highest BCUT2D eigenvalue weighted by Crippen LogP contribution is 2.47. The summed E-state index contributed by atoms with van der Waals surface area (Å²) >= 11 is 0. The second kappa shape index (κ2) is 18.8. The van der Waals surface area contributed by atoms with E-state index in [9.17, 15) is 20.4 Å². The number of fused-ring (bicyclic) bond motifs is 2. The van der Waals surface area contributed by atoms with Crippen molar-refractivity contribution in [3.8, 4) is 0 Å². The maximum atomic E-state index is 10.7. The Balaban J connectivity index is 0.000000210. The number of hydrogen-bond acceptors (Lipinski definition) is 8. The van der Waals surface area contributed by atoms with Gasteiger partial charge in [0.25, 0.3) is 0 Å². The topological polar surface area (TPSA) is 118 Å². The van der Waals surface area contributed by atoms with E-state index in [0.29, 0.717) is 25.2 Å². The molecule has 0 aromatic heterocycles. The Morgan fingerprint density at radius 2 is 1.23 bits per heavy atom. The summed E-state index contributed by atoms with van der Waals surface area (Å²) in [4.78, 5) is 0. The molecule has 4 aliphatic rings. The Hall–Kier alpha value is -1.66. The lowest BCUT2D eigenvalue weighted by atomic mass is 9.86. The van der Waals surface area contributed by atoms with Gasteiger partial charge in [-0.05, 0) is 104 Å². The van der Waals surface area contributed by atoms with Crippen LogP contribution in [-0.2, 0) is 31.5 Å². The van der Waals surface area contributed by atoms with Crippen molar-refractivity contribution >= 4 is 8.32 Å². The lowest BCUT2D eigenvalue weighted by Crippen LogP contribution is -2.44. The van der Waals surface area contributed by atoms with Gasteiger partial charge in [-0.15, -0.1) is 0 Å². The minimum Gasteiger partial charge on any atom is -0.414 e. The first-order chi connectivity index (χ1) is 24.7. The van der Waals surface area contributed by atoms with Crippen LogP contribution in [0.2, 0.25) is 18.1 Å². The first-order valence-corrected chi connectivity index (χ1v) is 23.0. The van der Waals surface area contributed by atoms with Gasteiger partial charge in [0.05, 0.1) is 30.5 Å². The minimum atomic E-state index is -1.85.